The van der Waals surface area contributed by atoms with Gasteiger partial charge in [0.2, 0.25) is 5.91 Å². The fraction of sp³-hybridized carbons (Fsp3) is 0.160. The maximum Gasteiger partial charge on any atom is 0.257 e. The third-order valence-electron chi connectivity index (χ3n) is 4.77. The number of aryl methyl sites for hydroxylation is 1. The van der Waals surface area contributed by atoms with Crippen molar-refractivity contribution < 1.29 is 9.59 Å². The van der Waals surface area contributed by atoms with Gasteiger partial charge in [0, 0.05) is 36.4 Å². The van der Waals surface area contributed by atoms with Crippen LogP contribution in [0.1, 0.15) is 40.0 Å². The van der Waals surface area contributed by atoms with Crippen molar-refractivity contribution in [2.75, 3.05) is 10.6 Å². The number of benzene rings is 2. The third-order valence-corrected chi connectivity index (χ3v) is 4.77. The predicted octanol–water partition coefficient (Wildman–Crippen LogP) is 4.62. The highest BCUT2D eigenvalue weighted by Gasteiger charge is 2.10. The van der Waals surface area contributed by atoms with E-state index in [2.05, 4.69) is 34.4 Å². The summed E-state index contributed by atoms with van der Waals surface area (Å²) in [5, 5.41) is 9.14. The molecule has 3 rings (SSSR count). The van der Waals surface area contributed by atoms with Crippen molar-refractivity contribution >= 4 is 23.2 Å². The summed E-state index contributed by atoms with van der Waals surface area (Å²) in [6, 6.07) is 17.5. The Bertz CT molecular complexity index is 1080. The third kappa shape index (κ3) is 6.27. The normalized spacial score (nSPS) is 11.3. The maximum absolute atomic E-state index is 12.5. The summed E-state index contributed by atoms with van der Waals surface area (Å²) in [4.78, 5) is 27.8. The van der Waals surface area contributed by atoms with Gasteiger partial charge in [-0.05, 0) is 66.9 Å². The summed E-state index contributed by atoms with van der Waals surface area (Å²) in [6.45, 7) is 7.86. The maximum atomic E-state index is 12.5. The molecule has 6 heteroatoms. The van der Waals surface area contributed by atoms with E-state index in [1.165, 1.54) is 6.08 Å². The minimum absolute atomic E-state index is 0.0313. The van der Waals surface area contributed by atoms with Crippen LogP contribution in [0.25, 0.3) is 0 Å². The van der Waals surface area contributed by atoms with Crippen LogP contribution in [0, 0.1) is 6.92 Å². The molecular formula is C25H26N4O2. The van der Waals surface area contributed by atoms with E-state index in [4.69, 9.17) is 0 Å². The first-order chi connectivity index (χ1) is 14.9. The molecule has 0 fully saturated rings. The van der Waals surface area contributed by atoms with E-state index in [1.54, 1.807) is 12.4 Å². The van der Waals surface area contributed by atoms with Gasteiger partial charge in [-0.25, -0.2) is 0 Å². The number of anilines is 2. The molecule has 0 aliphatic rings. The van der Waals surface area contributed by atoms with Gasteiger partial charge in [0.15, 0.2) is 0 Å². The number of pyridine rings is 1. The van der Waals surface area contributed by atoms with Gasteiger partial charge in [-0.3, -0.25) is 14.6 Å². The van der Waals surface area contributed by atoms with E-state index in [1.807, 2.05) is 61.5 Å². The number of nitrogens with zero attached hydrogens (tertiary/aromatic N) is 1. The zero-order chi connectivity index (χ0) is 22.2. The second-order valence-electron chi connectivity index (χ2n) is 7.32. The van der Waals surface area contributed by atoms with Gasteiger partial charge >= 0.3 is 0 Å². The average molecular weight is 415 g/mol. The van der Waals surface area contributed by atoms with Crippen molar-refractivity contribution in [3.05, 3.63) is 102 Å². The molecule has 158 valence electrons. The van der Waals surface area contributed by atoms with Crippen molar-refractivity contribution in [2.24, 2.45) is 0 Å². The van der Waals surface area contributed by atoms with Gasteiger partial charge in [0.05, 0.1) is 5.56 Å². The van der Waals surface area contributed by atoms with Crippen LogP contribution in [0.4, 0.5) is 11.4 Å². The smallest absolute Gasteiger partial charge is 0.257 e. The van der Waals surface area contributed by atoms with E-state index >= 15 is 0 Å². The van der Waals surface area contributed by atoms with Crippen LogP contribution in [0.15, 0.2) is 79.6 Å². The van der Waals surface area contributed by atoms with Crippen molar-refractivity contribution in [3.63, 3.8) is 0 Å². The second-order valence-corrected chi connectivity index (χ2v) is 7.32. The Morgan fingerprint density at radius 2 is 1.84 bits per heavy atom. The molecule has 0 spiro atoms. The number of aromatic nitrogens is 1. The standard InChI is InChI=1S/C25H26N4O2/c1-4-24(30)27-15-19-8-10-22(11-9-19)28-18(3)20-6-5-7-23(13-20)29-25(31)21-12-17(2)14-26-16-21/h4-14,16,18,28H,1,15H2,2-3H3,(H,27,30)(H,29,31). The van der Waals surface area contributed by atoms with Crippen LogP contribution < -0.4 is 16.0 Å². The Hall–Kier alpha value is -3.93. The van der Waals surface area contributed by atoms with Gasteiger partial charge in [-0.2, -0.15) is 0 Å². The lowest BCUT2D eigenvalue weighted by Crippen LogP contribution is -2.19. The fourth-order valence-electron chi connectivity index (χ4n) is 3.08. The minimum Gasteiger partial charge on any atom is -0.379 e. The highest BCUT2D eigenvalue weighted by atomic mass is 16.2. The van der Waals surface area contributed by atoms with Gasteiger partial charge in [-0.1, -0.05) is 30.8 Å². The van der Waals surface area contributed by atoms with E-state index in [-0.39, 0.29) is 17.9 Å². The zero-order valence-corrected chi connectivity index (χ0v) is 17.7. The lowest BCUT2D eigenvalue weighted by Gasteiger charge is -2.17. The van der Waals surface area contributed by atoms with Crippen LogP contribution in [0.2, 0.25) is 0 Å². The van der Waals surface area contributed by atoms with E-state index < -0.39 is 0 Å². The van der Waals surface area contributed by atoms with E-state index in [9.17, 15) is 9.59 Å². The molecule has 0 bridgehead atoms. The van der Waals surface area contributed by atoms with Crippen LogP contribution in [-0.2, 0) is 11.3 Å². The van der Waals surface area contributed by atoms with E-state index in [0.29, 0.717) is 12.1 Å². The molecule has 6 nitrogen and oxygen atoms in total. The van der Waals surface area contributed by atoms with Crippen molar-refractivity contribution in [1.29, 1.82) is 0 Å². The van der Waals surface area contributed by atoms with Gasteiger partial charge < -0.3 is 16.0 Å². The zero-order valence-electron chi connectivity index (χ0n) is 17.7. The lowest BCUT2D eigenvalue weighted by molar-refractivity contribution is -0.116. The monoisotopic (exact) mass is 414 g/mol. The molecule has 0 saturated carbocycles. The quantitative estimate of drug-likeness (QED) is 0.470. The number of amides is 2. The Kier molecular flexibility index (Phi) is 7.17. The van der Waals surface area contributed by atoms with E-state index in [0.717, 1.165) is 28.1 Å². The Morgan fingerprint density at radius 3 is 2.55 bits per heavy atom. The first kappa shape index (κ1) is 21.8. The molecule has 3 aromatic rings. The summed E-state index contributed by atoms with van der Waals surface area (Å²) in [7, 11) is 0. The summed E-state index contributed by atoms with van der Waals surface area (Å²) in [5.74, 6) is -0.380. The number of carbonyl (C=O) groups excluding carboxylic acids is 2. The van der Waals surface area contributed by atoms with Gasteiger partial charge in [0.1, 0.15) is 0 Å². The molecule has 3 N–H and O–H groups in total. The summed E-state index contributed by atoms with van der Waals surface area (Å²) in [5.41, 5.74) is 5.21. The first-order valence-electron chi connectivity index (χ1n) is 10.0. The molecule has 0 aliphatic carbocycles. The molecule has 1 heterocycles. The number of hydrogen-bond acceptors (Lipinski definition) is 4. The van der Waals surface area contributed by atoms with Crippen molar-refractivity contribution in [3.8, 4) is 0 Å². The minimum atomic E-state index is -0.193. The van der Waals surface area contributed by atoms with Crippen molar-refractivity contribution in [2.45, 2.75) is 26.4 Å². The number of rotatable bonds is 8. The highest BCUT2D eigenvalue weighted by molar-refractivity contribution is 6.04. The molecule has 2 amide bonds. The summed E-state index contributed by atoms with van der Waals surface area (Å²) < 4.78 is 0. The molecule has 2 aromatic carbocycles. The van der Waals surface area contributed by atoms with Gasteiger partial charge in [0.25, 0.3) is 5.91 Å². The van der Waals surface area contributed by atoms with Crippen LogP contribution in [-0.4, -0.2) is 16.8 Å². The summed E-state index contributed by atoms with van der Waals surface area (Å²) >= 11 is 0. The Balaban J connectivity index is 1.62. The molecule has 0 radical (unpaired) electrons. The van der Waals surface area contributed by atoms with Crippen LogP contribution >= 0.6 is 0 Å². The van der Waals surface area contributed by atoms with Gasteiger partial charge in [-0.15, -0.1) is 0 Å². The Morgan fingerprint density at radius 1 is 1.06 bits per heavy atom. The van der Waals surface area contributed by atoms with Crippen LogP contribution in [0.5, 0.6) is 0 Å². The number of carbonyl (C=O) groups is 2. The Labute approximate surface area is 182 Å². The molecular weight excluding hydrogens is 388 g/mol. The highest BCUT2D eigenvalue weighted by Crippen LogP contribution is 2.22. The lowest BCUT2D eigenvalue weighted by atomic mass is 10.1. The largest absolute Gasteiger partial charge is 0.379 e. The molecule has 0 saturated heterocycles. The number of hydrogen-bond donors (Lipinski definition) is 3. The van der Waals surface area contributed by atoms with Crippen LogP contribution in [0.3, 0.4) is 0 Å². The molecule has 1 aromatic heterocycles. The molecule has 1 atom stereocenters. The number of nitrogens with one attached hydrogen (secondary N) is 3. The average Bonchev–Trinajstić information content (AvgIpc) is 2.78. The predicted molar refractivity (Wildman–Crippen MR) is 124 cm³/mol. The van der Waals surface area contributed by atoms with Crippen molar-refractivity contribution in [1.82, 2.24) is 10.3 Å². The summed E-state index contributed by atoms with van der Waals surface area (Å²) in [6.07, 6.45) is 4.53. The molecule has 0 aliphatic heterocycles. The second kappa shape index (κ2) is 10.2. The molecule has 1 unspecified atom stereocenters. The fourth-order valence-corrected chi connectivity index (χ4v) is 3.08. The SMILES string of the molecule is C=CC(=O)NCc1ccc(NC(C)c2cccc(NC(=O)c3cncc(C)c3)c2)cc1. The molecule has 31 heavy (non-hydrogen) atoms. The topological polar surface area (TPSA) is 83.1 Å². The first-order valence-corrected chi connectivity index (χ1v) is 10.0.